The predicted molar refractivity (Wildman–Crippen MR) is 63.6 cm³/mol. The van der Waals surface area contributed by atoms with Gasteiger partial charge in [-0.15, -0.1) is 0 Å². The molecule has 0 spiro atoms. The standard InChI is InChI=1S/C12H11ClO3/c13-8-3-9-16-11-5-2-1-4-10(11)6-7-12(14)15/h1-8H,9H2,(H,14,15)/b7-6+,8-3+. The number of hydrogen-bond acceptors (Lipinski definition) is 2. The lowest BCUT2D eigenvalue weighted by molar-refractivity contribution is -0.131. The highest BCUT2D eigenvalue weighted by atomic mass is 35.5. The Labute approximate surface area is 98.6 Å². The van der Waals surface area contributed by atoms with Gasteiger partial charge in [0, 0.05) is 17.2 Å². The van der Waals surface area contributed by atoms with E-state index in [1.54, 1.807) is 18.2 Å². The lowest BCUT2D eigenvalue weighted by Crippen LogP contribution is -1.95. The van der Waals surface area contributed by atoms with E-state index in [2.05, 4.69) is 0 Å². The maximum atomic E-state index is 10.4. The Bertz CT molecular complexity index is 410. The van der Waals surface area contributed by atoms with Crippen LogP contribution in [0.1, 0.15) is 5.56 Å². The van der Waals surface area contributed by atoms with Gasteiger partial charge in [-0.2, -0.15) is 0 Å². The third-order valence-electron chi connectivity index (χ3n) is 1.75. The Morgan fingerprint density at radius 1 is 1.44 bits per heavy atom. The molecule has 0 saturated heterocycles. The zero-order valence-electron chi connectivity index (χ0n) is 8.47. The fraction of sp³-hybridized carbons (Fsp3) is 0.0833. The van der Waals surface area contributed by atoms with Crippen LogP contribution in [0, 0.1) is 0 Å². The van der Waals surface area contributed by atoms with Crippen molar-refractivity contribution >= 4 is 23.6 Å². The SMILES string of the molecule is O=C(O)/C=C/c1ccccc1OC/C=C/Cl. The van der Waals surface area contributed by atoms with Gasteiger partial charge in [-0.3, -0.25) is 0 Å². The van der Waals surface area contributed by atoms with Gasteiger partial charge in [-0.05, 0) is 18.2 Å². The van der Waals surface area contributed by atoms with Crippen molar-refractivity contribution in [3.05, 3.63) is 47.5 Å². The summed E-state index contributed by atoms with van der Waals surface area (Å²) < 4.78 is 5.39. The van der Waals surface area contributed by atoms with E-state index >= 15 is 0 Å². The van der Waals surface area contributed by atoms with Crippen molar-refractivity contribution in [3.8, 4) is 5.75 Å². The fourth-order valence-electron chi connectivity index (χ4n) is 1.08. The molecule has 1 N–H and O–H groups in total. The molecule has 0 unspecified atom stereocenters. The molecule has 0 atom stereocenters. The molecule has 0 amide bonds. The normalized spacial score (nSPS) is 11.1. The molecule has 0 aliphatic carbocycles. The largest absolute Gasteiger partial charge is 0.489 e. The Hall–Kier alpha value is -1.74. The number of carboxylic acid groups (broad SMARTS) is 1. The highest BCUT2D eigenvalue weighted by molar-refractivity contribution is 6.25. The van der Waals surface area contributed by atoms with Gasteiger partial charge in [0.25, 0.3) is 0 Å². The van der Waals surface area contributed by atoms with E-state index in [1.807, 2.05) is 12.1 Å². The smallest absolute Gasteiger partial charge is 0.328 e. The first-order chi connectivity index (χ1) is 7.74. The first-order valence-corrected chi connectivity index (χ1v) is 5.05. The van der Waals surface area contributed by atoms with Crippen molar-refractivity contribution < 1.29 is 14.6 Å². The topological polar surface area (TPSA) is 46.5 Å². The molecule has 0 saturated carbocycles. The first-order valence-electron chi connectivity index (χ1n) is 4.62. The molecule has 0 heterocycles. The minimum absolute atomic E-state index is 0.349. The van der Waals surface area contributed by atoms with Gasteiger partial charge in [0.05, 0.1) is 0 Å². The van der Waals surface area contributed by atoms with Crippen molar-refractivity contribution in [3.63, 3.8) is 0 Å². The van der Waals surface area contributed by atoms with Crippen molar-refractivity contribution in [2.45, 2.75) is 0 Å². The number of carboxylic acids is 1. The molecular formula is C12H11ClO3. The number of ether oxygens (including phenoxy) is 1. The predicted octanol–water partition coefficient (Wildman–Crippen LogP) is 2.92. The number of rotatable bonds is 5. The number of para-hydroxylation sites is 1. The molecular weight excluding hydrogens is 228 g/mol. The van der Waals surface area contributed by atoms with Crippen LogP contribution in [0.4, 0.5) is 0 Å². The second-order valence-electron chi connectivity index (χ2n) is 2.88. The summed E-state index contributed by atoms with van der Waals surface area (Å²) in [6.07, 6.45) is 4.21. The highest BCUT2D eigenvalue weighted by Gasteiger charge is 1.98. The molecule has 0 aliphatic rings. The minimum Gasteiger partial charge on any atom is -0.489 e. The lowest BCUT2D eigenvalue weighted by Gasteiger charge is -2.06. The van der Waals surface area contributed by atoms with Gasteiger partial charge in [-0.1, -0.05) is 29.8 Å². The van der Waals surface area contributed by atoms with Crippen LogP contribution in [-0.2, 0) is 4.79 Å². The molecule has 0 aliphatic heterocycles. The number of aliphatic carboxylic acids is 1. The van der Waals surface area contributed by atoms with E-state index in [9.17, 15) is 4.79 Å². The summed E-state index contributed by atoms with van der Waals surface area (Å²) in [6.45, 7) is 0.349. The minimum atomic E-state index is -0.990. The van der Waals surface area contributed by atoms with Crippen LogP contribution in [0.15, 0.2) is 42.0 Å². The van der Waals surface area contributed by atoms with Crippen molar-refractivity contribution in [2.75, 3.05) is 6.61 Å². The van der Waals surface area contributed by atoms with Gasteiger partial charge < -0.3 is 9.84 Å². The number of benzene rings is 1. The molecule has 3 nitrogen and oxygen atoms in total. The van der Waals surface area contributed by atoms with Gasteiger partial charge in [-0.25, -0.2) is 4.79 Å². The van der Waals surface area contributed by atoms with Gasteiger partial charge in [0.15, 0.2) is 0 Å². The van der Waals surface area contributed by atoms with Crippen LogP contribution in [0.3, 0.4) is 0 Å². The maximum Gasteiger partial charge on any atom is 0.328 e. The molecule has 0 radical (unpaired) electrons. The fourth-order valence-corrected chi connectivity index (χ4v) is 1.16. The van der Waals surface area contributed by atoms with E-state index < -0.39 is 5.97 Å². The maximum absolute atomic E-state index is 10.4. The van der Waals surface area contributed by atoms with Crippen LogP contribution in [0.25, 0.3) is 6.08 Å². The summed E-state index contributed by atoms with van der Waals surface area (Å²) in [5.41, 5.74) is 2.09. The lowest BCUT2D eigenvalue weighted by atomic mass is 10.2. The third kappa shape index (κ3) is 4.19. The summed E-state index contributed by atoms with van der Waals surface area (Å²) >= 11 is 5.36. The van der Waals surface area contributed by atoms with Crippen molar-refractivity contribution in [2.24, 2.45) is 0 Å². The van der Waals surface area contributed by atoms with Crippen molar-refractivity contribution in [1.29, 1.82) is 0 Å². The molecule has 0 aromatic heterocycles. The van der Waals surface area contributed by atoms with E-state index in [-0.39, 0.29) is 0 Å². The van der Waals surface area contributed by atoms with Gasteiger partial charge in [0.1, 0.15) is 12.4 Å². The summed E-state index contributed by atoms with van der Waals surface area (Å²) in [6, 6.07) is 7.17. The Morgan fingerprint density at radius 2 is 2.19 bits per heavy atom. The van der Waals surface area contributed by atoms with Crippen LogP contribution >= 0.6 is 11.6 Å². The number of carbonyl (C=O) groups is 1. The van der Waals surface area contributed by atoms with Crippen LogP contribution in [0.5, 0.6) is 5.75 Å². The van der Waals surface area contributed by atoms with Crippen LogP contribution < -0.4 is 4.74 Å². The third-order valence-corrected chi connectivity index (χ3v) is 1.93. The second-order valence-corrected chi connectivity index (χ2v) is 3.13. The monoisotopic (exact) mass is 238 g/mol. The zero-order valence-corrected chi connectivity index (χ0v) is 9.22. The summed E-state index contributed by atoms with van der Waals surface area (Å²) in [5, 5.41) is 8.52. The van der Waals surface area contributed by atoms with E-state index in [1.165, 1.54) is 11.6 Å². The molecule has 0 bridgehead atoms. The quantitative estimate of drug-likeness (QED) is 0.803. The number of hydrogen-bond donors (Lipinski definition) is 1. The molecule has 0 fully saturated rings. The molecule has 1 aromatic rings. The molecule has 1 rings (SSSR count). The van der Waals surface area contributed by atoms with E-state index in [0.29, 0.717) is 17.9 Å². The average molecular weight is 239 g/mol. The van der Waals surface area contributed by atoms with E-state index in [0.717, 1.165) is 6.08 Å². The van der Waals surface area contributed by atoms with Crippen LogP contribution in [-0.4, -0.2) is 17.7 Å². The number of halogens is 1. The summed E-state index contributed by atoms with van der Waals surface area (Å²) in [5.74, 6) is -0.370. The molecule has 4 heteroatoms. The molecule has 84 valence electrons. The average Bonchev–Trinajstić information content (AvgIpc) is 2.28. The summed E-state index contributed by atoms with van der Waals surface area (Å²) in [7, 11) is 0. The Morgan fingerprint density at radius 3 is 2.88 bits per heavy atom. The molecule has 16 heavy (non-hydrogen) atoms. The zero-order chi connectivity index (χ0) is 11.8. The van der Waals surface area contributed by atoms with Crippen LogP contribution in [0.2, 0.25) is 0 Å². The summed E-state index contributed by atoms with van der Waals surface area (Å²) in [4.78, 5) is 10.4. The first kappa shape index (κ1) is 12.3. The second kappa shape index (κ2) is 6.69. The van der Waals surface area contributed by atoms with E-state index in [4.69, 9.17) is 21.4 Å². The Balaban J connectivity index is 2.78. The molecule has 1 aromatic carbocycles. The van der Waals surface area contributed by atoms with Gasteiger partial charge >= 0.3 is 5.97 Å². The Kier molecular flexibility index (Phi) is 5.16. The highest BCUT2D eigenvalue weighted by Crippen LogP contribution is 2.19. The van der Waals surface area contributed by atoms with Gasteiger partial charge in [0.2, 0.25) is 0 Å². The van der Waals surface area contributed by atoms with Crippen molar-refractivity contribution in [1.82, 2.24) is 0 Å².